The summed E-state index contributed by atoms with van der Waals surface area (Å²) in [5.74, 6) is 0. The van der Waals surface area contributed by atoms with Crippen molar-refractivity contribution < 1.29 is 8.42 Å². The topological polar surface area (TPSA) is 51.1 Å². The maximum absolute atomic E-state index is 12.8. The fraction of sp³-hybridized carbons (Fsp3) is 0.0476. The summed E-state index contributed by atoms with van der Waals surface area (Å²) < 4.78 is 30.3. The van der Waals surface area contributed by atoms with E-state index in [0.717, 1.165) is 22.2 Å². The number of nitrogens with zero attached hydrogens (tertiary/aromatic N) is 1. The number of aryl methyl sites for hydroxylation is 1. The van der Waals surface area contributed by atoms with Crippen LogP contribution in [-0.4, -0.2) is 13.0 Å². The molecule has 0 saturated carbocycles. The predicted octanol–water partition coefficient (Wildman–Crippen LogP) is 4.74. The van der Waals surface area contributed by atoms with Crippen LogP contribution in [0.4, 0.5) is 5.69 Å². The average Bonchev–Trinajstić information content (AvgIpc) is 3.06. The molecule has 0 spiro atoms. The second-order valence-corrected chi connectivity index (χ2v) is 7.86. The van der Waals surface area contributed by atoms with Gasteiger partial charge in [-0.05, 0) is 48.7 Å². The number of sulfonamides is 1. The summed E-state index contributed by atoms with van der Waals surface area (Å²) in [5.41, 5.74) is 3.36. The number of hydrogen-bond acceptors (Lipinski definition) is 2. The van der Waals surface area contributed by atoms with Gasteiger partial charge in [-0.2, -0.15) is 0 Å². The van der Waals surface area contributed by atoms with Crippen molar-refractivity contribution in [2.24, 2.45) is 0 Å². The van der Waals surface area contributed by atoms with Crippen LogP contribution in [0.3, 0.4) is 0 Å². The quantitative estimate of drug-likeness (QED) is 0.570. The molecule has 0 aliphatic carbocycles. The molecule has 0 fully saturated rings. The van der Waals surface area contributed by atoms with E-state index >= 15 is 0 Å². The van der Waals surface area contributed by atoms with E-state index in [9.17, 15) is 8.42 Å². The maximum Gasteiger partial charge on any atom is 0.261 e. The first-order chi connectivity index (χ1) is 12.5. The van der Waals surface area contributed by atoms with Gasteiger partial charge in [0.25, 0.3) is 10.0 Å². The van der Waals surface area contributed by atoms with Gasteiger partial charge in [0, 0.05) is 6.20 Å². The summed E-state index contributed by atoms with van der Waals surface area (Å²) in [5, 5.41) is 1.10. The largest absolute Gasteiger partial charge is 0.315 e. The Bertz CT molecular complexity index is 1180. The molecule has 0 aliphatic rings. The number of para-hydroxylation sites is 3. The standard InChI is InChI=1S/C21H18N2O2S/c1-16-10-12-18(13-11-16)26(24,25)22-19-7-3-5-9-21(19)23-15-14-17-6-2-4-8-20(17)23/h2-15,22H,1H3. The Morgan fingerprint density at radius 1 is 0.808 bits per heavy atom. The highest BCUT2D eigenvalue weighted by Gasteiger charge is 2.16. The Morgan fingerprint density at radius 2 is 1.50 bits per heavy atom. The van der Waals surface area contributed by atoms with E-state index in [4.69, 9.17) is 0 Å². The van der Waals surface area contributed by atoms with Gasteiger partial charge in [-0.3, -0.25) is 4.72 Å². The molecule has 3 aromatic carbocycles. The second-order valence-electron chi connectivity index (χ2n) is 6.18. The molecule has 130 valence electrons. The van der Waals surface area contributed by atoms with Gasteiger partial charge in [-0.15, -0.1) is 0 Å². The molecular formula is C21H18N2O2S. The summed E-state index contributed by atoms with van der Waals surface area (Å²) in [6.07, 6.45) is 1.95. The molecule has 26 heavy (non-hydrogen) atoms. The normalized spacial score (nSPS) is 11.6. The van der Waals surface area contributed by atoms with Crippen molar-refractivity contribution >= 4 is 26.6 Å². The Morgan fingerprint density at radius 3 is 2.31 bits per heavy atom. The zero-order chi connectivity index (χ0) is 18.1. The van der Waals surface area contributed by atoms with Gasteiger partial charge in [0.05, 0.1) is 21.8 Å². The van der Waals surface area contributed by atoms with Gasteiger partial charge in [0.1, 0.15) is 0 Å². The van der Waals surface area contributed by atoms with Crippen molar-refractivity contribution in [1.82, 2.24) is 4.57 Å². The molecule has 4 nitrogen and oxygen atoms in total. The molecule has 0 unspecified atom stereocenters. The average molecular weight is 362 g/mol. The Hall–Kier alpha value is -3.05. The lowest BCUT2D eigenvalue weighted by molar-refractivity contribution is 0.601. The third-order valence-electron chi connectivity index (χ3n) is 4.34. The van der Waals surface area contributed by atoms with Crippen LogP contribution in [0.15, 0.2) is 90.0 Å². The minimum absolute atomic E-state index is 0.246. The van der Waals surface area contributed by atoms with Gasteiger partial charge in [0.15, 0.2) is 0 Å². The van der Waals surface area contributed by atoms with Crippen LogP contribution in [0, 0.1) is 6.92 Å². The lowest BCUT2D eigenvalue weighted by atomic mass is 10.2. The van der Waals surface area contributed by atoms with Gasteiger partial charge < -0.3 is 4.57 Å². The molecule has 0 radical (unpaired) electrons. The van der Waals surface area contributed by atoms with Gasteiger partial charge in [0.2, 0.25) is 0 Å². The minimum Gasteiger partial charge on any atom is -0.315 e. The number of rotatable bonds is 4. The summed E-state index contributed by atoms with van der Waals surface area (Å²) in [6, 6.07) is 24.2. The molecule has 1 N–H and O–H groups in total. The molecule has 5 heteroatoms. The van der Waals surface area contributed by atoms with Crippen molar-refractivity contribution in [3.63, 3.8) is 0 Å². The molecular weight excluding hydrogens is 344 g/mol. The molecule has 0 saturated heterocycles. The number of fused-ring (bicyclic) bond motifs is 1. The summed E-state index contributed by atoms with van der Waals surface area (Å²) >= 11 is 0. The monoisotopic (exact) mass is 362 g/mol. The number of benzene rings is 3. The number of anilines is 1. The zero-order valence-corrected chi connectivity index (χ0v) is 15.1. The zero-order valence-electron chi connectivity index (χ0n) is 14.3. The lowest BCUT2D eigenvalue weighted by Gasteiger charge is -2.14. The summed E-state index contributed by atoms with van der Waals surface area (Å²) in [4.78, 5) is 0.246. The molecule has 0 bridgehead atoms. The third kappa shape index (κ3) is 2.97. The van der Waals surface area contributed by atoms with Crippen LogP contribution in [-0.2, 0) is 10.0 Å². The molecule has 4 rings (SSSR count). The van der Waals surface area contributed by atoms with Crippen LogP contribution in [0.5, 0.6) is 0 Å². The second kappa shape index (κ2) is 6.35. The predicted molar refractivity (Wildman–Crippen MR) is 105 cm³/mol. The van der Waals surface area contributed by atoms with Crippen molar-refractivity contribution in [3.05, 3.63) is 90.6 Å². The molecule has 1 heterocycles. The Balaban J connectivity index is 1.78. The van der Waals surface area contributed by atoms with Crippen molar-refractivity contribution in [3.8, 4) is 5.69 Å². The Kier molecular flexibility index (Phi) is 4.01. The van der Waals surface area contributed by atoms with Crippen molar-refractivity contribution in [2.75, 3.05) is 4.72 Å². The van der Waals surface area contributed by atoms with E-state index in [2.05, 4.69) is 4.72 Å². The highest BCUT2D eigenvalue weighted by Crippen LogP contribution is 2.27. The number of nitrogens with one attached hydrogen (secondary N) is 1. The highest BCUT2D eigenvalue weighted by atomic mass is 32.2. The van der Waals surface area contributed by atoms with Crippen LogP contribution >= 0.6 is 0 Å². The van der Waals surface area contributed by atoms with Gasteiger partial charge in [-0.1, -0.05) is 48.0 Å². The van der Waals surface area contributed by atoms with Crippen molar-refractivity contribution in [1.29, 1.82) is 0 Å². The molecule has 0 aliphatic heterocycles. The maximum atomic E-state index is 12.8. The Labute approximate surface area is 152 Å². The third-order valence-corrected chi connectivity index (χ3v) is 5.72. The molecule has 0 amide bonds. The van der Waals surface area contributed by atoms with Crippen LogP contribution in [0.1, 0.15) is 5.56 Å². The van der Waals surface area contributed by atoms with Crippen LogP contribution in [0.2, 0.25) is 0 Å². The first kappa shape index (κ1) is 16.4. The van der Waals surface area contributed by atoms with Crippen molar-refractivity contribution in [2.45, 2.75) is 11.8 Å². The van der Waals surface area contributed by atoms with E-state index in [-0.39, 0.29) is 4.90 Å². The van der Waals surface area contributed by atoms with E-state index in [1.165, 1.54) is 0 Å². The van der Waals surface area contributed by atoms with E-state index in [0.29, 0.717) is 5.69 Å². The van der Waals surface area contributed by atoms with E-state index < -0.39 is 10.0 Å². The van der Waals surface area contributed by atoms with E-state index in [1.54, 1.807) is 30.3 Å². The smallest absolute Gasteiger partial charge is 0.261 e. The summed E-state index contributed by atoms with van der Waals surface area (Å²) in [6.45, 7) is 1.93. The van der Waals surface area contributed by atoms with E-state index in [1.807, 2.05) is 66.2 Å². The van der Waals surface area contributed by atoms with Gasteiger partial charge in [-0.25, -0.2) is 8.42 Å². The lowest BCUT2D eigenvalue weighted by Crippen LogP contribution is -2.14. The van der Waals surface area contributed by atoms with Gasteiger partial charge >= 0.3 is 0 Å². The highest BCUT2D eigenvalue weighted by molar-refractivity contribution is 7.92. The number of aromatic nitrogens is 1. The van der Waals surface area contributed by atoms with Crippen LogP contribution in [0.25, 0.3) is 16.6 Å². The first-order valence-electron chi connectivity index (χ1n) is 8.30. The minimum atomic E-state index is -3.66. The molecule has 4 aromatic rings. The summed E-state index contributed by atoms with van der Waals surface area (Å²) in [7, 11) is -3.66. The fourth-order valence-electron chi connectivity index (χ4n) is 2.98. The molecule has 0 atom stereocenters. The van der Waals surface area contributed by atoms with Crippen LogP contribution < -0.4 is 4.72 Å². The molecule has 1 aromatic heterocycles. The first-order valence-corrected chi connectivity index (χ1v) is 9.78. The fourth-order valence-corrected chi connectivity index (χ4v) is 4.06. The SMILES string of the molecule is Cc1ccc(S(=O)(=O)Nc2ccccc2-n2ccc3ccccc32)cc1. The number of hydrogen-bond donors (Lipinski definition) is 1.